The summed E-state index contributed by atoms with van der Waals surface area (Å²) in [6.45, 7) is -0.720. The fourth-order valence-corrected chi connectivity index (χ4v) is 3.02. The van der Waals surface area contributed by atoms with Crippen LogP contribution in [0.3, 0.4) is 0 Å². The summed E-state index contributed by atoms with van der Waals surface area (Å²) in [6, 6.07) is 4.89. The highest BCUT2D eigenvalue weighted by atomic mass is 32.3. The molecule has 9 nitrogen and oxygen atoms in total. The molecule has 1 aromatic carbocycles. The standard InChI is InChI=1S/C8H11NO8S3/c10-18(11)9-7-1-3-8(4-2-7)19(12,13)6-5-17-20(14,15)16/h1-4,9H,5-6H2,(H,10,11)(H,14,15,16). The molecule has 0 aliphatic carbocycles. The molecule has 0 aliphatic rings. The molecular formula is C8H11NO8S3. The van der Waals surface area contributed by atoms with Crippen LogP contribution in [0.25, 0.3) is 0 Å². The highest BCUT2D eigenvalue weighted by Gasteiger charge is 2.16. The molecule has 0 radical (unpaired) electrons. The van der Waals surface area contributed by atoms with E-state index in [4.69, 9.17) is 9.11 Å². The van der Waals surface area contributed by atoms with E-state index in [-0.39, 0.29) is 10.6 Å². The third-order valence-corrected chi connectivity index (χ3v) is 4.57. The highest BCUT2D eigenvalue weighted by Crippen LogP contribution is 2.15. The number of rotatable bonds is 7. The molecule has 1 unspecified atom stereocenters. The molecule has 20 heavy (non-hydrogen) atoms. The first-order valence-electron chi connectivity index (χ1n) is 4.92. The molecular weight excluding hydrogens is 334 g/mol. The Morgan fingerprint density at radius 1 is 1.15 bits per heavy atom. The van der Waals surface area contributed by atoms with E-state index in [2.05, 4.69) is 8.91 Å². The average Bonchev–Trinajstić information content (AvgIpc) is 2.26. The van der Waals surface area contributed by atoms with Crippen molar-refractivity contribution in [2.45, 2.75) is 4.90 Å². The number of hydrogen-bond donors (Lipinski definition) is 3. The van der Waals surface area contributed by atoms with Gasteiger partial charge < -0.3 is 0 Å². The Labute approximate surface area is 118 Å². The maximum absolute atomic E-state index is 11.8. The van der Waals surface area contributed by atoms with E-state index in [0.717, 1.165) is 0 Å². The van der Waals surface area contributed by atoms with Gasteiger partial charge in [0, 0.05) is 5.69 Å². The van der Waals surface area contributed by atoms with Crippen LogP contribution in [0.2, 0.25) is 0 Å². The summed E-state index contributed by atoms with van der Waals surface area (Å²) in [6.07, 6.45) is 0. The minimum Gasteiger partial charge on any atom is -0.289 e. The van der Waals surface area contributed by atoms with E-state index >= 15 is 0 Å². The number of benzene rings is 1. The van der Waals surface area contributed by atoms with Crippen LogP contribution < -0.4 is 4.72 Å². The van der Waals surface area contributed by atoms with E-state index in [1.807, 2.05) is 0 Å². The molecule has 1 rings (SSSR count). The zero-order valence-electron chi connectivity index (χ0n) is 9.79. The van der Waals surface area contributed by atoms with E-state index < -0.39 is 43.9 Å². The molecule has 0 aliphatic heterocycles. The molecule has 0 heterocycles. The van der Waals surface area contributed by atoms with Crippen LogP contribution in [0.5, 0.6) is 0 Å². The van der Waals surface area contributed by atoms with E-state index in [9.17, 15) is 21.0 Å². The fraction of sp³-hybridized carbons (Fsp3) is 0.250. The van der Waals surface area contributed by atoms with Gasteiger partial charge in [-0.2, -0.15) is 8.42 Å². The van der Waals surface area contributed by atoms with Gasteiger partial charge in [0.2, 0.25) is 0 Å². The largest absolute Gasteiger partial charge is 0.397 e. The van der Waals surface area contributed by atoms with Crippen LogP contribution in [-0.4, -0.2) is 42.5 Å². The Morgan fingerprint density at radius 2 is 1.70 bits per heavy atom. The maximum atomic E-state index is 11.8. The molecule has 0 bridgehead atoms. The molecule has 0 saturated carbocycles. The van der Waals surface area contributed by atoms with Crippen molar-refractivity contribution in [2.75, 3.05) is 17.1 Å². The van der Waals surface area contributed by atoms with E-state index in [1.165, 1.54) is 24.3 Å². The van der Waals surface area contributed by atoms with Gasteiger partial charge in [0.25, 0.3) is 11.3 Å². The van der Waals surface area contributed by atoms with Crippen molar-refractivity contribution in [2.24, 2.45) is 0 Å². The Morgan fingerprint density at radius 3 is 2.15 bits per heavy atom. The monoisotopic (exact) mass is 345 g/mol. The first kappa shape index (κ1) is 17.0. The molecule has 0 fully saturated rings. The van der Waals surface area contributed by atoms with Crippen molar-refractivity contribution in [1.82, 2.24) is 0 Å². The lowest BCUT2D eigenvalue weighted by Gasteiger charge is -2.05. The Balaban J connectivity index is 2.75. The van der Waals surface area contributed by atoms with Crippen molar-refractivity contribution >= 4 is 37.2 Å². The average molecular weight is 345 g/mol. The first-order valence-corrected chi connectivity index (χ1v) is 9.05. The minimum absolute atomic E-state index is 0.120. The summed E-state index contributed by atoms with van der Waals surface area (Å²) in [5.41, 5.74) is 0.235. The smallest absolute Gasteiger partial charge is 0.289 e. The molecule has 114 valence electrons. The molecule has 1 aromatic rings. The number of anilines is 1. The summed E-state index contributed by atoms with van der Waals surface area (Å²) in [5.74, 6) is -0.647. The van der Waals surface area contributed by atoms with Crippen LogP contribution in [-0.2, 0) is 35.7 Å². The molecule has 0 spiro atoms. The SMILES string of the molecule is O=S(O)Nc1ccc(S(=O)(=O)CCOS(=O)(=O)O)cc1. The maximum Gasteiger partial charge on any atom is 0.397 e. The van der Waals surface area contributed by atoms with Crippen LogP contribution in [0.4, 0.5) is 5.69 Å². The summed E-state index contributed by atoms with van der Waals surface area (Å²) in [5, 5.41) is 0. The summed E-state index contributed by atoms with van der Waals surface area (Å²) >= 11 is -2.27. The fourth-order valence-electron chi connectivity index (χ4n) is 1.20. The van der Waals surface area contributed by atoms with Crippen LogP contribution in [0, 0.1) is 0 Å². The second kappa shape index (κ2) is 6.60. The number of sulfone groups is 1. The number of nitrogens with one attached hydrogen (secondary N) is 1. The Hall–Kier alpha value is -1.05. The van der Waals surface area contributed by atoms with Gasteiger partial charge in [-0.25, -0.2) is 16.8 Å². The zero-order valence-corrected chi connectivity index (χ0v) is 12.2. The lowest BCUT2D eigenvalue weighted by molar-refractivity contribution is 0.284. The van der Waals surface area contributed by atoms with Crippen molar-refractivity contribution in [3.63, 3.8) is 0 Å². The molecule has 0 aromatic heterocycles. The van der Waals surface area contributed by atoms with Gasteiger partial charge in [-0.15, -0.1) is 0 Å². The molecule has 3 N–H and O–H groups in total. The first-order chi connectivity index (χ1) is 9.10. The summed E-state index contributed by atoms with van der Waals surface area (Å²) < 4.78 is 77.5. The van der Waals surface area contributed by atoms with Gasteiger partial charge in [0.15, 0.2) is 9.84 Å². The molecule has 0 amide bonds. The van der Waals surface area contributed by atoms with Gasteiger partial charge in [0.05, 0.1) is 17.3 Å². The summed E-state index contributed by atoms with van der Waals surface area (Å²) in [4.78, 5) is -0.120. The second-order valence-corrected chi connectivity index (χ2v) is 7.35. The zero-order chi connectivity index (χ0) is 15.4. The Bertz CT molecular complexity index is 679. The van der Waals surface area contributed by atoms with Crippen LogP contribution in [0.1, 0.15) is 0 Å². The summed E-state index contributed by atoms with van der Waals surface area (Å²) in [7, 11) is -8.48. The lowest BCUT2D eigenvalue weighted by atomic mass is 10.3. The van der Waals surface area contributed by atoms with Crippen molar-refractivity contribution < 1.29 is 34.3 Å². The lowest BCUT2D eigenvalue weighted by Crippen LogP contribution is -2.15. The van der Waals surface area contributed by atoms with Gasteiger partial charge >= 0.3 is 10.4 Å². The van der Waals surface area contributed by atoms with Gasteiger partial charge in [-0.1, -0.05) is 0 Å². The third kappa shape index (κ3) is 5.94. The Kier molecular flexibility index (Phi) is 5.61. The molecule has 0 saturated heterocycles. The van der Waals surface area contributed by atoms with Crippen molar-refractivity contribution in [3.8, 4) is 0 Å². The normalized spacial score (nSPS) is 13.9. The topological polar surface area (TPSA) is 147 Å². The van der Waals surface area contributed by atoms with Gasteiger partial charge in [0.1, 0.15) is 0 Å². The second-order valence-electron chi connectivity index (χ2n) is 3.44. The van der Waals surface area contributed by atoms with E-state index in [1.54, 1.807) is 0 Å². The molecule has 12 heteroatoms. The van der Waals surface area contributed by atoms with Crippen LogP contribution >= 0.6 is 0 Å². The molecule has 1 atom stereocenters. The highest BCUT2D eigenvalue weighted by molar-refractivity contribution is 7.91. The quantitative estimate of drug-likeness (QED) is 0.456. The van der Waals surface area contributed by atoms with Crippen molar-refractivity contribution in [3.05, 3.63) is 24.3 Å². The minimum atomic E-state index is -4.68. The van der Waals surface area contributed by atoms with Crippen LogP contribution in [0.15, 0.2) is 29.2 Å². The third-order valence-electron chi connectivity index (χ3n) is 2.00. The van der Waals surface area contributed by atoms with Crippen molar-refractivity contribution in [1.29, 1.82) is 0 Å². The predicted molar refractivity (Wildman–Crippen MR) is 70.4 cm³/mol. The number of hydrogen-bond acceptors (Lipinski definition) is 6. The van der Waals surface area contributed by atoms with Gasteiger partial charge in [-0.3, -0.25) is 13.8 Å². The predicted octanol–water partition coefficient (Wildman–Crippen LogP) is -0.172. The van der Waals surface area contributed by atoms with Gasteiger partial charge in [-0.05, 0) is 24.3 Å². The van der Waals surface area contributed by atoms with E-state index in [0.29, 0.717) is 0 Å².